The summed E-state index contributed by atoms with van der Waals surface area (Å²) in [6.45, 7) is 9.36. The molecule has 0 bridgehead atoms. The molecular weight excluding hydrogens is 256 g/mol. The minimum Gasteiger partial charge on any atom is -0.379 e. The second-order valence-corrected chi connectivity index (χ2v) is 4.40. The van der Waals surface area contributed by atoms with Gasteiger partial charge in [-0.2, -0.15) is 0 Å². The highest BCUT2D eigenvalue weighted by Gasteiger charge is 2.28. The fourth-order valence-corrected chi connectivity index (χ4v) is 1.83. The molecule has 0 amide bonds. The summed E-state index contributed by atoms with van der Waals surface area (Å²) in [5.74, 6) is -0.768. The minimum atomic E-state index is -0.768. The second-order valence-electron chi connectivity index (χ2n) is 4.40. The molecule has 0 atom stereocenters. The maximum absolute atomic E-state index is 5.90. The van der Waals surface area contributed by atoms with Crippen LogP contribution in [0, 0.1) is 0 Å². The average molecular weight is 282 g/mol. The molecule has 0 aromatic heterocycles. The highest BCUT2D eigenvalue weighted by atomic mass is 16.7. The van der Waals surface area contributed by atoms with Crippen LogP contribution in [0.25, 0.3) is 0 Å². The molecule has 0 heterocycles. The van der Waals surface area contributed by atoms with Gasteiger partial charge in [-0.1, -0.05) is 30.3 Å². The Hall–Kier alpha value is -0.940. The summed E-state index contributed by atoms with van der Waals surface area (Å²) in [6, 6.07) is 9.93. The number of ether oxygens (including phenoxy) is 4. The quantitative estimate of drug-likeness (QED) is 0.462. The zero-order chi connectivity index (χ0) is 14.7. The first-order chi connectivity index (χ1) is 9.73. The van der Waals surface area contributed by atoms with Gasteiger partial charge in [0, 0.05) is 18.8 Å². The van der Waals surface area contributed by atoms with Crippen LogP contribution in [-0.2, 0) is 24.7 Å². The largest absolute Gasteiger partial charge is 0.379 e. The fourth-order valence-electron chi connectivity index (χ4n) is 1.83. The van der Waals surface area contributed by atoms with Gasteiger partial charge >= 0.3 is 0 Å². The number of benzene rings is 1. The Morgan fingerprint density at radius 1 is 0.800 bits per heavy atom. The molecule has 20 heavy (non-hydrogen) atoms. The van der Waals surface area contributed by atoms with Crippen LogP contribution in [0.3, 0.4) is 0 Å². The van der Waals surface area contributed by atoms with Gasteiger partial charge < -0.3 is 18.9 Å². The molecule has 0 saturated carbocycles. The first-order valence-electron chi connectivity index (χ1n) is 7.22. The van der Waals surface area contributed by atoms with Crippen LogP contribution in [0.15, 0.2) is 30.3 Å². The molecule has 1 aromatic rings. The number of hydrogen-bond acceptors (Lipinski definition) is 4. The maximum atomic E-state index is 5.90. The van der Waals surface area contributed by atoms with Crippen molar-refractivity contribution in [3.8, 4) is 0 Å². The number of hydrogen-bond donors (Lipinski definition) is 0. The molecule has 0 aliphatic rings. The van der Waals surface area contributed by atoms with E-state index >= 15 is 0 Å². The van der Waals surface area contributed by atoms with Crippen LogP contribution < -0.4 is 0 Å². The van der Waals surface area contributed by atoms with Crippen LogP contribution in [-0.4, -0.2) is 39.6 Å². The van der Waals surface area contributed by atoms with Crippen molar-refractivity contribution in [3.63, 3.8) is 0 Å². The molecule has 0 N–H and O–H groups in total. The fraction of sp³-hybridized carbons (Fsp3) is 0.625. The van der Waals surface area contributed by atoms with Gasteiger partial charge in [0.15, 0.2) is 5.79 Å². The average Bonchev–Trinajstić information content (AvgIpc) is 2.49. The molecule has 1 aromatic carbocycles. The van der Waals surface area contributed by atoms with E-state index in [1.807, 2.05) is 51.1 Å². The van der Waals surface area contributed by atoms with Crippen molar-refractivity contribution in [1.82, 2.24) is 0 Å². The van der Waals surface area contributed by atoms with E-state index in [1.54, 1.807) is 0 Å². The van der Waals surface area contributed by atoms with Gasteiger partial charge in [0.25, 0.3) is 0 Å². The molecule has 1 rings (SSSR count). The minimum absolute atomic E-state index is 0.494. The van der Waals surface area contributed by atoms with Crippen molar-refractivity contribution in [2.45, 2.75) is 26.6 Å². The van der Waals surface area contributed by atoms with E-state index < -0.39 is 5.79 Å². The summed E-state index contributed by atoms with van der Waals surface area (Å²) >= 11 is 0. The molecule has 0 aliphatic carbocycles. The van der Waals surface area contributed by atoms with Gasteiger partial charge in [-0.3, -0.25) is 0 Å². The summed E-state index contributed by atoms with van der Waals surface area (Å²) < 4.78 is 22.4. The predicted octanol–water partition coefficient (Wildman–Crippen LogP) is 2.97. The van der Waals surface area contributed by atoms with Crippen LogP contribution in [0.2, 0.25) is 0 Å². The Labute approximate surface area is 122 Å². The summed E-state index contributed by atoms with van der Waals surface area (Å²) in [5.41, 5.74) is 0.994. The molecule has 0 spiro atoms. The Balaban J connectivity index is 2.57. The first-order valence-corrected chi connectivity index (χ1v) is 7.22. The van der Waals surface area contributed by atoms with Crippen molar-refractivity contribution < 1.29 is 18.9 Å². The summed E-state index contributed by atoms with van der Waals surface area (Å²) in [7, 11) is 0. The Morgan fingerprint density at radius 2 is 1.30 bits per heavy atom. The third-order valence-electron chi connectivity index (χ3n) is 2.92. The van der Waals surface area contributed by atoms with Crippen LogP contribution in [0.1, 0.15) is 26.3 Å². The maximum Gasteiger partial charge on any atom is 0.192 e. The zero-order valence-electron chi connectivity index (χ0n) is 12.8. The third-order valence-corrected chi connectivity index (χ3v) is 2.92. The van der Waals surface area contributed by atoms with E-state index in [-0.39, 0.29) is 0 Å². The van der Waals surface area contributed by atoms with Crippen molar-refractivity contribution >= 4 is 0 Å². The van der Waals surface area contributed by atoms with Crippen LogP contribution in [0.5, 0.6) is 0 Å². The number of rotatable bonds is 11. The van der Waals surface area contributed by atoms with E-state index in [4.69, 9.17) is 18.9 Å². The van der Waals surface area contributed by atoms with E-state index in [0.29, 0.717) is 39.6 Å². The molecule has 4 nitrogen and oxygen atoms in total. The second kappa shape index (κ2) is 9.88. The lowest BCUT2D eigenvalue weighted by atomic mass is 10.1. The van der Waals surface area contributed by atoms with Crippen molar-refractivity contribution in [3.05, 3.63) is 35.9 Å². The summed E-state index contributed by atoms with van der Waals surface area (Å²) in [6.07, 6.45) is 0. The molecule has 0 radical (unpaired) electrons. The van der Waals surface area contributed by atoms with Crippen molar-refractivity contribution in [2.24, 2.45) is 0 Å². The Kier molecular flexibility index (Phi) is 8.46. The monoisotopic (exact) mass is 282 g/mol. The van der Waals surface area contributed by atoms with E-state index in [9.17, 15) is 0 Å². The lowest BCUT2D eigenvalue weighted by molar-refractivity contribution is -0.243. The predicted molar refractivity (Wildman–Crippen MR) is 78.7 cm³/mol. The van der Waals surface area contributed by atoms with Crippen LogP contribution >= 0.6 is 0 Å². The van der Waals surface area contributed by atoms with Gasteiger partial charge in [-0.15, -0.1) is 0 Å². The van der Waals surface area contributed by atoms with Gasteiger partial charge in [0.1, 0.15) is 0 Å². The molecule has 4 heteroatoms. The Bertz CT molecular complexity index is 328. The van der Waals surface area contributed by atoms with Gasteiger partial charge in [-0.25, -0.2) is 0 Å². The topological polar surface area (TPSA) is 36.9 Å². The van der Waals surface area contributed by atoms with E-state index in [2.05, 4.69) is 0 Å². The van der Waals surface area contributed by atoms with E-state index in [1.165, 1.54) is 0 Å². The lowest BCUT2D eigenvalue weighted by Gasteiger charge is -2.30. The summed E-state index contributed by atoms with van der Waals surface area (Å²) in [5, 5.41) is 0. The molecule has 114 valence electrons. The molecule has 0 aliphatic heterocycles. The normalized spacial score (nSPS) is 11.8. The Morgan fingerprint density at radius 3 is 1.75 bits per heavy atom. The van der Waals surface area contributed by atoms with Gasteiger partial charge in [0.2, 0.25) is 0 Å². The molecule has 0 unspecified atom stereocenters. The third kappa shape index (κ3) is 6.01. The van der Waals surface area contributed by atoms with Crippen LogP contribution in [0.4, 0.5) is 0 Å². The summed E-state index contributed by atoms with van der Waals surface area (Å²) in [4.78, 5) is 0. The highest BCUT2D eigenvalue weighted by Crippen LogP contribution is 2.26. The highest BCUT2D eigenvalue weighted by molar-refractivity contribution is 5.19. The SMILES string of the molecule is CCOCCOC(C)(OCCOCC)c1ccccc1. The molecule has 0 fully saturated rings. The van der Waals surface area contributed by atoms with Gasteiger partial charge in [0.05, 0.1) is 26.4 Å². The smallest absolute Gasteiger partial charge is 0.192 e. The zero-order valence-corrected chi connectivity index (χ0v) is 12.8. The first kappa shape index (κ1) is 17.1. The molecule has 0 saturated heterocycles. The van der Waals surface area contributed by atoms with Crippen molar-refractivity contribution in [1.29, 1.82) is 0 Å². The van der Waals surface area contributed by atoms with Crippen molar-refractivity contribution in [2.75, 3.05) is 39.6 Å². The standard InChI is InChI=1S/C16H26O4/c1-4-17-11-13-19-16(3,20-14-12-18-5-2)15-9-7-6-8-10-15/h6-10H,4-5,11-14H2,1-3H3. The van der Waals surface area contributed by atoms with E-state index in [0.717, 1.165) is 5.56 Å². The van der Waals surface area contributed by atoms with Gasteiger partial charge in [-0.05, 0) is 20.8 Å². The lowest BCUT2D eigenvalue weighted by Crippen LogP contribution is -2.32. The molecular formula is C16H26O4.